The van der Waals surface area contributed by atoms with Crippen LogP contribution in [-0.4, -0.2) is 41.3 Å². The largest absolute Gasteiger partial charge is 0.481 e. The molecule has 1 aromatic carbocycles. The zero-order valence-electron chi connectivity index (χ0n) is 11.8. The van der Waals surface area contributed by atoms with Crippen molar-refractivity contribution in [2.75, 3.05) is 13.1 Å². The lowest BCUT2D eigenvalue weighted by atomic mass is 9.81. The lowest BCUT2D eigenvalue weighted by Gasteiger charge is -2.38. The lowest BCUT2D eigenvalue weighted by molar-refractivity contribution is -0.152. The third-order valence-electron chi connectivity index (χ3n) is 3.61. The van der Waals surface area contributed by atoms with Crippen LogP contribution in [0.1, 0.15) is 18.9 Å². The summed E-state index contributed by atoms with van der Waals surface area (Å²) in [4.78, 5) is 24.3. The van der Waals surface area contributed by atoms with Gasteiger partial charge < -0.3 is 14.7 Å². The highest BCUT2D eigenvalue weighted by molar-refractivity contribution is 5.76. The second-order valence-corrected chi connectivity index (χ2v) is 5.59. The number of carboxylic acid groups (broad SMARTS) is 1. The molecule has 0 aromatic heterocycles. The van der Waals surface area contributed by atoms with Crippen molar-refractivity contribution in [3.05, 3.63) is 35.9 Å². The average molecular weight is 295 g/mol. The number of halogens is 1. The van der Waals surface area contributed by atoms with Crippen LogP contribution in [-0.2, 0) is 16.1 Å². The Morgan fingerprint density at radius 3 is 2.71 bits per heavy atom. The standard InChI is InChI=1S/C15H18FNO4/c1-15(13(18)19)7-12(16)8-17(10-15)14(20)21-9-11-5-3-2-4-6-11/h2-6,12H,7-10H2,1H3,(H,18,19)/t12-,15?/m0/s1. The van der Waals surface area contributed by atoms with Gasteiger partial charge in [0.25, 0.3) is 0 Å². The molecular formula is C15H18FNO4. The molecule has 1 aliphatic rings. The third-order valence-corrected chi connectivity index (χ3v) is 3.61. The normalized spacial score (nSPS) is 25.4. The van der Waals surface area contributed by atoms with Crippen molar-refractivity contribution in [2.45, 2.75) is 26.1 Å². The number of nitrogens with zero attached hydrogens (tertiary/aromatic N) is 1. The summed E-state index contributed by atoms with van der Waals surface area (Å²) in [7, 11) is 0. The predicted molar refractivity (Wildman–Crippen MR) is 73.5 cm³/mol. The van der Waals surface area contributed by atoms with Crippen molar-refractivity contribution in [3.63, 3.8) is 0 Å². The molecule has 1 amide bonds. The zero-order chi connectivity index (χ0) is 15.5. The molecular weight excluding hydrogens is 277 g/mol. The molecule has 2 rings (SSSR count). The Morgan fingerprint density at radius 1 is 1.43 bits per heavy atom. The number of likely N-dealkylation sites (tertiary alicyclic amines) is 1. The van der Waals surface area contributed by atoms with E-state index in [1.54, 1.807) is 0 Å². The van der Waals surface area contributed by atoms with Gasteiger partial charge in [0, 0.05) is 6.54 Å². The molecule has 5 nitrogen and oxygen atoms in total. The third kappa shape index (κ3) is 3.71. The summed E-state index contributed by atoms with van der Waals surface area (Å²) in [6.45, 7) is 1.35. The monoisotopic (exact) mass is 295 g/mol. The molecule has 1 unspecified atom stereocenters. The summed E-state index contributed by atoms with van der Waals surface area (Å²) in [5.74, 6) is -1.11. The van der Waals surface area contributed by atoms with Crippen molar-refractivity contribution >= 4 is 12.1 Å². The smallest absolute Gasteiger partial charge is 0.410 e. The van der Waals surface area contributed by atoms with Crippen LogP contribution in [0, 0.1) is 5.41 Å². The molecule has 0 radical (unpaired) electrons. The van der Waals surface area contributed by atoms with Crippen LogP contribution in [0.2, 0.25) is 0 Å². The van der Waals surface area contributed by atoms with E-state index in [2.05, 4.69) is 0 Å². The van der Waals surface area contributed by atoms with Gasteiger partial charge in [-0.05, 0) is 18.9 Å². The summed E-state index contributed by atoms with van der Waals surface area (Å²) in [5, 5.41) is 9.18. The molecule has 0 aliphatic carbocycles. The van der Waals surface area contributed by atoms with Crippen LogP contribution in [0.3, 0.4) is 0 Å². The van der Waals surface area contributed by atoms with Gasteiger partial charge in [0.1, 0.15) is 12.8 Å². The molecule has 0 saturated carbocycles. The SMILES string of the molecule is CC1(C(=O)O)C[C@H](F)CN(C(=O)OCc2ccccc2)C1. The molecule has 1 heterocycles. The Hall–Kier alpha value is -2.11. The molecule has 1 saturated heterocycles. The predicted octanol–water partition coefficient (Wildman–Crippen LogP) is 2.46. The topological polar surface area (TPSA) is 66.8 Å². The van der Waals surface area contributed by atoms with Crippen molar-refractivity contribution in [1.82, 2.24) is 4.90 Å². The molecule has 1 aromatic rings. The van der Waals surface area contributed by atoms with E-state index in [9.17, 15) is 19.1 Å². The number of carboxylic acids is 1. The highest BCUT2D eigenvalue weighted by Gasteiger charge is 2.44. The highest BCUT2D eigenvalue weighted by Crippen LogP contribution is 2.31. The van der Waals surface area contributed by atoms with Crippen molar-refractivity contribution < 1.29 is 23.8 Å². The second kappa shape index (κ2) is 6.11. The van der Waals surface area contributed by atoms with Gasteiger partial charge >= 0.3 is 12.1 Å². The fourth-order valence-corrected chi connectivity index (χ4v) is 2.45. The van der Waals surface area contributed by atoms with Gasteiger partial charge in [-0.15, -0.1) is 0 Å². The van der Waals surface area contributed by atoms with Crippen LogP contribution in [0.25, 0.3) is 0 Å². The number of ether oxygens (including phenoxy) is 1. The first-order valence-electron chi connectivity index (χ1n) is 6.74. The van der Waals surface area contributed by atoms with Gasteiger partial charge in [-0.1, -0.05) is 30.3 Å². The highest BCUT2D eigenvalue weighted by atomic mass is 19.1. The van der Waals surface area contributed by atoms with Crippen LogP contribution in [0.15, 0.2) is 30.3 Å². The Labute approximate surface area is 122 Å². The molecule has 6 heteroatoms. The number of rotatable bonds is 3. The fraction of sp³-hybridized carbons (Fsp3) is 0.467. The first-order chi connectivity index (χ1) is 9.90. The number of alkyl halides is 1. The Kier molecular flexibility index (Phi) is 4.45. The molecule has 1 N–H and O–H groups in total. The summed E-state index contributed by atoms with van der Waals surface area (Å²) in [6, 6.07) is 9.11. The number of amides is 1. The molecule has 2 atom stereocenters. The maximum atomic E-state index is 13.7. The molecule has 1 aliphatic heterocycles. The van der Waals surface area contributed by atoms with Gasteiger partial charge in [0.05, 0.1) is 12.0 Å². The summed E-state index contributed by atoms with van der Waals surface area (Å²) >= 11 is 0. The summed E-state index contributed by atoms with van der Waals surface area (Å²) in [5.41, 5.74) is -0.454. The van der Waals surface area contributed by atoms with Crippen LogP contribution >= 0.6 is 0 Å². The molecule has 114 valence electrons. The minimum atomic E-state index is -1.36. The number of carbonyl (C=O) groups is 2. The maximum Gasteiger partial charge on any atom is 0.410 e. The second-order valence-electron chi connectivity index (χ2n) is 5.59. The minimum Gasteiger partial charge on any atom is -0.481 e. The van der Waals surface area contributed by atoms with Gasteiger partial charge in [0.15, 0.2) is 0 Å². The molecule has 0 bridgehead atoms. The van der Waals surface area contributed by atoms with Crippen molar-refractivity contribution in [1.29, 1.82) is 0 Å². The van der Waals surface area contributed by atoms with E-state index in [4.69, 9.17) is 4.74 Å². The van der Waals surface area contributed by atoms with Gasteiger partial charge in [-0.3, -0.25) is 4.79 Å². The van der Waals surface area contributed by atoms with Gasteiger partial charge in [0.2, 0.25) is 0 Å². The van der Waals surface area contributed by atoms with Crippen LogP contribution in [0.5, 0.6) is 0 Å². The quantitative estimate of drug-likeness (QED) is 0.930. The number of piperidine rings is 1. The van der Waals surface area contributed by atoms with E-state index in [-0.39, 0.29) is 26.1 Å². The Balaban J connectivity index is 1.97. The van der Waals surface area contributed by atoms with E-state index in [1.807, 2.05) is 30.3 Å². The minimum absolute atomic E-state index is 0.0453. The van der Waals surface area contributed by atoms with E-state index >= 15 is 0 Å². The van der Waals surface area contributed by atoms with E-state index < -0.39 is 23.6 Å². The van der Waals surface area contributed by atoms with Gasteiger partial charge in [-0.25, -0.2) is 9.18 Å². The number of carbonyl (C=O) groups excluding carboxylic acids is 1. The lowest BCUT2D eigenvalue weighted by Crippen LogP contribution is -2.52. The Morgan fingerprint density at radius 2 is 2.10 bits per heavy atom. The summed E-state index contributed by atoms with van der Waals surface area (Å²) < 4.78 is 18.8. The van der Waals surface area contributed by atoms with Crippen molar-refractivity contribution in [3.8, 4) is 0 Å². The summed E-state index contributed by atoms with van der Waals surface area (Å²) in [6.07, 6.45) is -2.14. The average Bonchev–Trinajstić information content (AvgIpc) is 2.44. The van der Waals surface area contributed by atoms with Gasteiger partial charge in [-0.2, -0.15) is 0 Å². The first kappa shape index (κ1) is 15.3. The van der Waals surface area contributed by atoms with E-state index in [0.717, 1.165) is 10.5 Å². The van der Waals surface area contributed by atoms with Crippen LogP contribution < -0.4 is 0 Å². The molecule has 0 spiro atoms. The first-order valence-corrected chi connectivity index (χ1v) is 6.74. The number of hydrogen-bond acceptors (Lipinski definition) is 3. The maximum absolute atomic E-state index is 13.7. The number of benzene rings is 1. The fourth-order valence-electron chi connectivity index (χ4n) is 2.45. The number of aliphatic carboxylic acids is 1. The van der Waals surface area contributed by atoms with E-state index in [1.165, 1.54) is 6.92 Å². The molecule has 1 fully saturated rings. The Bertz CT molecular complexity index is 522. The number of hydrogen-bond donors (Lipinski definition) is 1. The van der Waals surface area contributed by atoms with E-state index in [0.29, 0.717) is 0 Å². The molecule has 21 heavy (non-hydrogen) atoms. The van der Waals surface area contributed by atoms with Crippen molar-refractivity contribution in [2.24, 2.45) is 5.41 Å². The zero-order valence-corrected chi connectivity index (χ0v) is 11.8. The van der Waals surface area contributed by atoms with Crippen LogP contribution in [0.4, 0.5) is 9.18 Å².